The van der Waals surface area contributed by atoms with Gasteiger partial charge in [-0.05, 0) is 54.8 Å². The molecule has 0 saturated heterocycles. The van der Waals surface area contributed by atoms with E-state index in [0.29, 0.717) is 48.3 Å². The summed E-state index contributed by atoms with van der Waals surface area (Å²) in [7, 11) is 0. The third kappa shape index (κ3) is 12.3. The Morgan fingerprint density at radius 1 is 0.761 bits per heavy atom. The van der Waals surface area contributed by atoms with Crippen molar-refractivity contribution in [1.29, 1.82) is 0 Å². The Labute approximate surface area is 265 Å². The highest BCUT2D eigenvalue weighted by Gasteiger charge is 2.25. The summed E-state index contributed by atoms with van der Waals surface area (Å²) in [6.07, 6.45) is 4.60. The van der Waals surface area contributed by atoms with Gasteiger partial charge in [-0.2, -0.15) is 10.2 Å². The van der Waals surface area contributed by atoms with Gasteiger partial charge in [0.2, 0.25) is 11.8 Å². The van der Waals surface area contributed by atoms with Crippen LogP contribution in [0.25, 0.3) is 0 Å². The summed E-state index contributed by atoms with van der Waals surface area (Å²) in [6.45, 7) is -0.448. The second-order valence-electron chi connectivity index (χ2n) is 10.6. The molecule has 5 N–H and O–H groups in total. The van der Waals surface area contributed by atoms with Crippen molar-refractivity contribution in [3.05, 3.63) is 66.2 Å². The van der Waals surface area contributed by atoms with E-state index in [1.165, 1.54) is 0 Å². The zero-order valence-electron chi connectivity index (χ0n) is 25.1. The molecule has 3 rings (SSSR count). The molecule has 2 aromatic carbocycles. The number of benzene rings is 2. The predicted octanol–water partition coefficient (Wildman–Crippen LogP) is 2.91. The van der Waals surface area contributed by atoms with E-state index in [-0.39, 0.29) is 62.2 Å². The molecule has 46 heavy (non-hydrogen) atoms. The van der Waals surface area contributed by atoms with Gasteiger partial charge in [0.15, 0.2) is 11.6 Å². The number of imide groups is 1. The standard InChI is InChI=1S/C32H36N6O8/c33-27(32(45)46)4-2-1-3-5-28(41)34-19-25(39)14-15-29(42)35-22-10-12-24(13-11-22)37-36-23-8-6-21(7-9-23)18-26(40)20-38-30(43)16-17-31(38)44/h6-13,16-17,27H,1-5,14-15,18-20,33H2,(H,34,41)(H,35,42)(H,45,46)/t27-/m0/s1. The topological polar surface area (TPSA) is 218 Å². The maximum atomic E-state index is 12.3. The first kappa shape index (κ1) is 35.1. The number of Topliss-reactive ketones (excluding diaryl/α,β-unsaturated/α-hetero) is 2. The Morgan fingerprint density at radius 3 is 1.98 bits per heavy atom. The highest BCUT2D eigenvalue weighted by atomic mass is 16.4. The van der Waals surface area contributed by atoms with Crippen LogP contribution in [0.2, 0.25) is 0 Å². The van der Waals surface area contributed by atoms with E-state index in [9.17, 15) is 33.6 Å². The second-order valence-corrected chi connectivity index (χ2v) is 10.6. The minimum Gasteiger partial charge on any atom is -0.480 e. The Kier molecular flexibility index (Phi) is 13.6. The van der Waals surface area contributed by atoms with Crippen molar-refractivity contribution in [1.82, 2.24) is 10.2 Å². The van der Waals surface area contributed by atoms with Crippen LogP contribution in [0.15, 0.2) is 70.9 Å². The fraction of sp³-hybridized carbons (Fsp3) is 0.344. The largest absolute Gasteiger partial charge is 0.480 e. The average Bonchev–Trinajstić information content (AvgIpc) is 3.34. The first-order valence-electron chi connectivity index (χ1n) is 14.7. The van der Waals surface area contributed by atoms with Crippen LogP contribution >= 0.6 is 0 Å². The highest BCUT2D eigenvalue weighted by Crippen LogP contribution is 2.21. The van der Waals surface area contributed by atoms with Crippen LogP contribution in [-0.2, 0) is 40.0 Å². The minimum absolute atomic E-state index is 0.0340. The Balaban J connectivity index is 1.31. The van der Waals surface area contributed by atoms with Crippen molar-refractivity contribution in [2.45, 2.75) is 57.4 Å². The van der Waals surface area contributed by atoms with Crippen molar-refractivity contribution in [2.75, 3.05) is 18.4 Å². The van der Waals surface area contributed by atoms with E-state index in [1.54, 1.807) is 48.5 Å². The molecule has 242 valence electrons. The average molecular weight is 633 g/mol. The first-order valence-corrected chi connectivity index (χ1v) is 14.7. The van der Waals surface area contributed by atoms with Crippen LogP contribution in [0.1, 0.15) is 50.5 Å². The molecule has 0 spiro atoms. The quantitative estimate of drug-likeness (QED) is 0.101. The minimum atomic E-state index is -1.05. The zero-order chi connectivity index (χ0) is 33.5. The normalized spacial score (nSPS) is 13.2. The van der Waals surface area contributed by atoms with Gasteiger partial charge >= 0.3 is 5.97 Å². The molecular formula is C32H36N6O8. The summed E-state index contributed by atoms with van der Waals surface area (Å²) in [4.78, 5) is 83.3. The van der Waals surface area contributed by atoms with E-state index in [0.717, 1.165) is 17.1 Å². The number of hydrogen-bond donors (Lipinski definition) is 4. The number of nitrogens with zero attached hydrogens (tertiary/aromatic N) is 3. The molecule has 2 aromatic rings. The Bertz CT molecular complexity index is 1480. The Morgan fingerprint density at radius 2 is 1.37 bits per heavy atom. The lowest BCUT2D eigenvalue weighted by Gasteiger charge is -2.12. The maximum Gasteiger partial charge on any atom is 0.320 e. The number of unbranched alkanes of at least 4 members (excludes halogenated alkanes) is 2. The van der Waals surface area contributed by atoms with Crippen LogP contribution in [0.3, 0.4) is 0 Å². The van der Waals surface area contributed by atoms with Crippen LogP contribution in [0.5, 0.6) is 0 Å². The summed E-state index contributed by atoms with van der Waals surface area (Å²) in [6, 6.07) is 12.5. The molecule has 1 heterocycles. The molecule has 0 saturated carbocycles. The van der Waals surface area contributed by atoms with E-state index >= 15 is 0 Å². The second kappa shape index (κ2) is 17.8. The number of nitrogens with two attached hydrogens (primary N) is 1. The van der Waals surface area contributed by atoms with Gasteiger partial charge in [0.05, 0.1) is 24.5 Å². The number of nitrogens with one attached hydrogen (secondary N) is 2. The molecule has 14 heteroatoms. The fourth-order valence-electron chi connectivity index (χ4n) is 4.25. The fourth-order valence-corrected chi connectivity index (χ4v) is 4.25. The zero-order valence-corrected chi connectivity index (χ0v) is 25.1. The van der Waals surface area contributed by atoms with Crippen molar-refractivity contribution in [3.63, 3.8) is 0 Å². The third-order valence-electron chi connectivity index (χ3n) is 6.85. The van der Waals surface area contributed by atoms with E-state index in [1.807, 2.05) is 0 Å². The molecule has 0 unspecified atom stereocenters. The summed E-state index contributed by atoms with van der Waals surface area (Å²) < 4.78 is 0. The molecule has 1 aliphatic heterocycles. The van der Waals surface area contributed by atoms with Crippen molar-refractivity contribution >= 4 is 58.2 Å². The molecule has 0 fully saturated rings. The number of ketones is 2. The Hall–Kier alpha value is -5.37. The number of carboxylic acids is 1. The van der Waals surface area contributed by atoms with Gasteiger partial charge in [-0.1, -0.05) is 25.0 Å². The molecule has 4 amide bonds. The molecule has 1 aliphatic rings. The lowest BCUT2D eigenvalue weighted by Crippen LogP contribution is -2.35. The van der Waals surface area contributed by atoms with E-state index < -0.39 is 23.8 Å². The van der Waals surface area contributed by atoms with Gasteiger partial charge in [0, 0.05) is 43.5 Å². The third-order valence-corrected chi connectivity index (χ3v) is 6.85. The van der Waals surface area contributed by atoms with Crippen LogP contribution in [0.4, 0.5) is 17.1 Å². The maximum absolute atomic E-state index is 12.3. The monoisotopic (exact) mass is 632 g/mol. The molecule has 14 nitrogen and oxygen atoms in total. The number of carbonyl (C=O) groups is 7. The van der Waals surface area contributed by atoms with E-state index in [2.05, 4.69) is 20.9 Å². The lowest BCUT2D eigenvalue weighted by atomic mass is 10.1. The van der Waals surface area contributed by atoms with Gasteiger partial charge in [-0.15, -0.1) is 0 Å². The number of hydrogen-bond acceptors (Lipinski definition) is 10. The summed E-state index contributed by atoms with van der Waals surface area (Å²) in [5, 5.41) is 22.3. The molecule has 0 bridgehead atoms. The SMILES string of the molecule is N[C@@H](CCCCCC(=O)NCC(=O)CCC(=O)Nc1ccc(N=Nc2ccc(CC(=O)CN3C(=O)C=CC3=O)cc2)cc1)C(=O)O. The summed E-state index contributed by atoms with van der Waals surface area (Å²) in [5.74, 6) is -3.25. The highest BCUT2D eigenvalue weighted by molar-refractivity contribution is 6.14. The summed E-state index contributed by atoms with van der Waals surface area (Å²) in [5.41, 5.74) is 7.71. The molecule has 0 aliphatic carbocycles. The number of rotatable bonds is 19. The smallest absolute Gasteiger partial charge is 0.320 e. The van der Waals surface area contributed by atoms with Crippen molar-refractivity contribution in [3.8, 4) is 0 Å². The number of carbonyl (C=O) groups excluding carboxylic acids is 6. The molecule has 0 radical (unpaired) electrons. The van der Waals surface area contributed by atoms with E-state index in [4.69, 9.17) is 10.8 Å². The molecular weight excluding hydrogens is 596 g/mol. The first-order chi connectivity index (χ1) is 22.0. The lowest BCUT2D eigenvalue weighted by molar-refractivity contribution is -0.140. The van der Waals surface area contributed by atoms with Gasteiger partial charge in [0.1, 0.15) is 6.04 Å². The molecule has 0 aromatic heterocycles. The van der Waals surface area contributed by atoms with Crippen molar-refractivity contribution < 1.29 is 38.7 Å². The number of amides is 4. The predicted molar refractivity (Wildman–Crippen MR) is 166 cm³/mol. The molecule has 1 atom stereocenters. The van der Waals surface area contributed by atoms with Gasteiger partial charge in [0.25, 0.3) is 11.8 Å². The number of carboxylic acid groups (broad SMARTS) is 1. The van der Waals surface area contributed by atoms with Gasteiger partial charge in [-0.25, -0.2) is 0 Å². The van der Waals surface area contributed by atoms with Crippen LogP contribution in [0, 0.1) is 0 Å². The number of anilines is 1. The summed E-state index contributed by atoms with van der Waals surface area (Å²) >= 11 is 0. The van der Waals surface area contributed by atoms with Gasteiger partial charge in [-0.3, -0.25) is 38.5 Å². The number of aliphatic carboxylic acids is 1. The van der Waals surface area contributed by atoms with Gasteiger partial charge < -0.3 is 21.5 Å². The number of azo groups is 1. The van der Waals surface area contributed by atoms with Crippen molar-refractivity contribution in [2.24, 2.45) is 16.0 Å². The van der Waals surface area contributed by atoms with Crippen LogP contribution < -0.4 is 16.4 Å². The van der Waals surface area contributed by atoms with Crippen LogP contribution in [-0.4, -0.2) is 70.3 Å².